The Morgan fingerprint density at radius 3 is 2.00 bits per heavy atom. The number of hydrogen-bond acceptors (Lipinski definition) is 3. The van der Waals surface area contributed by atoms with Crippen molar-refractivity contribution in [3.05, 3.63) is 0 Å². The molecular weight excluding hydrogens is 144 g/mol. The Kier molecular flexibility index (Phi) is 1.98. The van der Waals surface area contributed by atoms with E-state index in [1.54, 1.807) is 0 Å². The van der Waals surface area contributed by atoms with Gasteiger partial charge in [0.2, 0.25) is 0 Å². The van der Waals surface area contributed by atoms with Gasteiger partial charge in [-0.2, -0.15) is 0 Å². The first-order valence-electron chi connectivity index (χ1n) is 3.73. The molecule has 0 bridgehead atoms. The van der Waals surface area contributed by atoms with Crippen molar-refractivity contribution < 1.29 is 14.3 Å². The molecule has 3 nitrogen and oxygen atoms in total. The van der Waals surface area contributed by atoms with Gasteiger partial charge < -0.3 is 4.74 Å². The zero-order valence-corrected chi connectivity index (χ0v) is 6.85. The lowest BCUT2D eigenvalue weighted by molar-refractivity contribution is -0.163. The molecule has 62 valence electrons. The van der Waals surface area contributed by atoms with Crippen molar-refractivity contribution in [2.24, 2.45) is 5.41 Å². The Labute approximate surface area is 65.7 Å². The predicted molar refractivity (Wildman–Crippen MR) is 39.0 cm³/mol. The van der Waals surface area contributed by atoms with E-state index in [0.29, 0.717) is 12.8 Å². The summed E-state index contributed by atoms with van der Waals surface area (Å²) in [5.74, 6) is -0.424. The lowest BCUT2D eigenvalue weighted by Gasteiger charge is -2.36. The summed E-state index contributed by atoms with van der Waals surface area (Å²) >= 11 is 0. The third kappa shape index (κ3) is 1.04. The van der Waals surface area contributed by atoms with Gasteiger partial charge in [0.05, 0.1) is 7.11 Å². The summed E-state index contributed by atoms with van der Waals surface area (Å²) in [5, 5.41) is 0. The van der Waals surface area contributed by atoms with E-state index in [9.17, 15) is 9.59 Å². The summed E-state index contributed by atoms with van der Waals surface area (Å²) in [6, 6.07) is 0. The van der Waals surface area contributed by atoms with Crippen LogP contribution in [0.15, 0.2) is 0 Å². The molecule has 0 atom stereocenters. The number of esters is 1. The number of ether oxygens (including phenoxy) is 1. The summed E-state index contributed by atoms with van der Waals surface area (Å²) in [6.07, 6.45) is 2.28. The van der Waals surface area contributed by atoms with Crippen molar-refractivity contribution in [3.8, 4) is 0 Å². The Hall–Kier alpha value is -0.860. The molecule has 1 aliphatic rings. The van der Waals surface area contributed by atoms with Gasteiger partial charge in [0, 0.05) is 0 Å². The van der Waals surface area contributed by atoms with Crippen molar-refractivity contribution in [2.45, 2.75) is 26.2 Å². The molecule has 0 aliphatic heterocycles. The molecule has 0 aromatic heterocycles. The summed E-state index contributed by atoms with van der Waals surface area (Å²) in [4.78, 5) is 22.2. The van der Waals surface area contributed by atoms with Crippen molar-refractivity contribution >= 4 is 11.8 Å². The van der Waals surface area contributed by atoms with Gasteiger partial charge in [-0.3, -0.25) is 9.59 Å². The van der Waals surface area contributed by atoms with Crippen LogP contribution in [-0.4, -0.2) is 18.9 Å². The highest BCUT2D eigenvalue weighted by atomic mass is 16.5. The smallest absolute Gasteiger partial charge is 0.319 e. The first-order valence-corrected chi connectivity index (χ1v) is 3.73. The van der Waals surface area contributed by atoms with E-state index in [-0.39, 0.29) is 11.8 Å². The second-order valence-corrected chi connectivity index (χ2v) is 2.98. The van der Waals surface area contributed by atoms with Crippen LogP contribution in [0.2, 0.25) is 0 Å². The lowest BCUT2D eigenvalue weighted by atomic mass is 9.66. The largest absolute Gasteiger partial charge is 0.468 e. The van der Waals surface area contributed by atoms with Crippen molar-refractivity contribution in [2.75, 3.05) is 7.11 Å². The van der Waals surface area contributed by atoms with E-state index in [1.165, 1.54) is 14.0 Å². The summed E-state index contributed by atoms with van der Waals surface area (Å²) in [6.45, 7) is 1.45. The van der Waals surface area contributed by atoms with E-state index < -0.39 is 5.41 Å². The minimum atomic E-state index is -0.769. The number of Topliss-reactive ketones (excluding diaryl/α,β-unsaturated/α-hetero) is 1. The SMILES string of the molecule is COC(=O)C1(C(C)=O)CCC1. The molecule has 0 unspecified atom stereocenters. The van der Waals surface area contributed by atoms with Gasteiger partial charge in [-0.15, -0.1) is 0 Å². The molecule has 11 heavy (non-hydrogen) atoms. The van der Waals surface area contributed by atoms with Gasteiger partial charge in [-0.05, 0) is 19.8 Å². The molecule has 0 saturated heterocycles. The first kappa shape index (κ1) is 8.24. The fourth-order valence-corrected chi connectivity index (χ4v) is 1.43. The summed E-state index contributed by atoms with van der Waals surface area (Å²) in [5.41, 5.74) is -0.769. The van der Waals surface area contributed by atoms with Crippen LogP contribution in [0.25, 0.3) is 0 Å². The van der Waals surface area contributed by atoms with E-state index >= 15 is 0 Å². The molecule has 1 rings (SSSR count). The van der Waals surface area contributed by atoms with Crippen molar-refractivity contribution in [3.63, 3.8) is 0 Å². The van der Waals surface area contributed by atoms with E-state index in [2.05, 4.69) is 4.74 Å². The van der Waals surface area contributed by atoms with Gasteiger partial charge in [-0.25, -0.2) is 0 Å². The molecule has 0 aromatic rings. The molecule has 0 spiro atoms. The minimum absolute atomic E-state index is 0.0596. The number of carbonyl (C=O) groups is 2. The van der Waals surface area contributed by atoms with Crippen LogP contribution in [0.5, 0.6) is 0 Å². The second-order valence-electron chi connectivity index (χ2n) is 2.98. The first-order chi connectivity index (χ1) is 5.13. The Balaban J connectivity index is 2.75. The van der Waals surface area contributed by atoms with Crippen LogP contribution >= 0.6 is 0 Å². The lowest BCUT2D eigenvalue weighted by Crippen LogP contribution is -2.44. The van der Waals surface area contributed by atoms with Gasteiger partial charge in [0.1, 0.15) is 11.2 Å². The predicted octanol–water partition coefficient (Wildman–Crippen LogP) is 0.919. The van der Waals surface area contributed by atoms with Crippen LogP contribution in [0.4, 0.5) is 0 Å². The fourth-order valence-electron chi connectivity index (χ4n) is 1.43. The summed E-state index contributed by atoms with van der Waals surface area (Å²) in [7, 11) is 1.32. The molecule has 0 radical (unpaired) electrons. The molecule has 1 aliphatic carbocycles. The normalized spacial score (nSPS) is 20.2. The van der Waals surface area contributed by atoms with E-state index in [1.807, 2.05) is 0 Å². The Bertz CT molecular complexity index is 192. The summed E-state index contributed by atoms with van der Waals surface area (Å²) < 4.78 is 4.56. The van der Waals surface area contributed by atoms with Crippen LogP contribution in [0, 0.1) is 5.41 Å². The molecule has 0 aromatic carbocycles. The highest BCUT2D eigenvalue weighted by molar-refractivity contribution is 6.03. The monoisotopic (exact) mass is 156 g/mol. The molecule has 1 fully saturated rings. The van der Waals surface area contributed by atoms with Gasteiger partial charge in [0.15, 0.2) is 0 Å². The third-order valence-electron chi connectivity index (χ3n) is 2.46. The zero-order valence-electron chi connectivity index (χ0n) is 6.85. The van der Waals surface area contributed by atoms with Gasteiger partial charge in [0.25, 0.3) is 0 Å². The Morgan fingerprint density at radius 2 is 1.91 bits per heavy atom. The minimum Gasteiger partial charge on any atom is -0.468 e. The van der Waals surface area contributed by atoms with Crippen LogP contribution < -0.4 is 0 Å². The molecule has 1 saturated carbocycles. The maximum atomic E-state index is 11.1. The van der Waals surface area contributed by atoms with Gasteiger partial charge >= 0.3 is 5.97 Å². The van der Waals surface area contributed by atoms with Crippen molar-refractivity contribution in [1.82, 2.24) is 0 Å². The van der Waals surface area contributed by atoms with Crippen LogP contribution in [-0.2, 0) is 14.3 Å². The maximum Gasteiger partial charge on any atom is 0.319 e. The quantitative estimate of drug-likeness (QED) is 0.441. The average molecular weight is 156 g/mol. The standard InChI is InChI=1S/C8H12O3/c1-6(9)8(4-3-5-8)7(10)11-2/h3-5H2,1-2H3. The van der Waals surface area contributed by atoms with Crippen molar-refractivity contribution in [1.29, 1.82) is 0 Å². The highest BCUT2D eigenvalue weighted by Gasteiger charge is 2.49. The molecular formula is C8H12O3. The topological polar surface area (TPSA) is 43.4 Å². The molecule has 0 heterocycles. The fraction of sp³-hybridized carbons (Fsp3) is 0.750. The van der Waals surface area contributed by atoms with Crippen LogP contribution in [0.3, 0.4) is 0 Å². The molecule has 0 amide bonds. The molecule has 3 heteroatoms. The number of hydrogen-bond donors (Lipinski definition) is 0. The second kappa shape index (κ2) is 2.64. The van der Waals surface area contributed by atoms with Crippen LogP contribution in [0.1, 0.15) is 26.2 Å². The maximum absolute atomic E-state index is 11.1. The zero-order chi connectivity index (χ0) is 8.48. The number of rotatable bonds is 2. The number of carbonyl (C=O) groups excluding carboxylic acids is 2. The highest BCUT2D eigenvalue weighted by Crippen LogP contribution is 2.42. The van der Waals surface area contributed by atoms with E-state index in [0.717, 1.165) is 6.42 Å². The van der Waals surface area contributed by atoms with Gasteiger partial charge in [-0.1, -0.05) is 6.42 Å². The average Bonchev–Trinajstić information content (AvgIpc) is 1.84. The number of methoxy groups -OCH3 is 1. The Morgan fingerprint density at radius 1 is 1.36 bits per heavy atom. The number of ketones is 1. The third-order valence-corrected chi connectivity index (χ3v) is 2.46. The molecule has 0 N–H and O–H groups in total. The van der Waals surface area contributed by atoms with E-state index in [4.69, 9.17) is 0 Å².